The van der Waals surface area contributed by atoms with Crippen LogP contribution in [0.3, 0.4) is 0 Å². The predicted octanol–water partition coefficient (Wildman–Crippen LogP) is 1.99. The number of hydrogen-bond acceptors (Lipinski definition) is 3. The van der Waals surface area contributed by atoms with Crippen LogP contribution < -0.4 is 16.2 Å². The molecule has 116 valence electrons. The highest BCUT2D eigenvalue weighted by Crippen LogP contribution is 2.12. The highest BCUT2D eigenvalue weighted by atomic mass is 16.2. The molecule has 0 saturated heterocycles. The highest BCUT2D eigenvalue weighted by Gasteiger charge is 2.05. The van der Waals surface area contributed by atoms with Crippen LogP contribution in [0.25, 0.3) is 0 Å². The van der Waals surface area contributed by atoms with Crippen LogP contribution in [0.15, 0.2) is 35.4 Å². The molecule has 1 aromatic heterocycles. The van der Waals surface area contributed by atoms with Gasteiger partial charge in [0.05, 0.1) is 6.33 Å². The number of benzene rings is 1. The van der Waals surface area contributed by atoms with Gasteiger partial charge in [-0.1, -0.05) is 18.2 Å². The van der Waals surface area contributed by atoms with Gasteiger partial charge < -0.3 is 10.6 Å². The lowest BCUT2D eigenvalue weighted by molar-refractivity contribution is 0.251. The standard InChI is InChI=1S/C16H20N4O2/c1-11-6-4-5-7-14(11)19-16(22)17-8-9-20-10-18-13(3)12(2)15(20)21/h4-7,10H,8-9H2,1-3H3,(H2,17,19,22). The number of amides is 2. The zero-order valence-corrected chi connectivity index (χ0v) is 13.0. The van der Waals surface area contributed by atoms with Crippen molar-refractivity contribution in [1.82, 2.24) is 14.9 Å². The molecule has 2 rings (SSSR count). The smallest absolute Gasteiger partial charge is 0.319 e. The third-order valence-electron chi connectivity index (χ3n) is 3.55. The maximum Gasteiger partial charge on any atom is 0.319 e. The van der Waals surface area contributed by atoms with Crippen LogP contribution in [0.1, 0.15) is 16.8 Å². The molecule has 6 nitrogen and oxygen atoms in total. The molecule has 2 aromatic rings. The van der Waals surface area contributed by atoms with Gasteiger partial charge in [0.25, 0.3) is 5.56 Å². The van der Waals surface area contributed by atoms with Gasteiger partial charge >= 0.3 is 6.03 Å². The summed E-state index contributed by atoms with van der Waals surface area (Å²) in [5.41, 5.74) is 3.05. The van der Waals surface area contributed by atoms with E-state index in [2.05, 4.69) is 15.6 Å². The van der Waals surface area contributed by atoms with Gasteiger partial charge in [-0.3, -0.25) is 9.36 Å². The fourth-order valence-corrected chi connectivity index (χ4v) is 2.00. The van der Waals surface area contributed by atoms with Crippen LogP contribution in [-0.4, -0.2) is 22.1 Å². The zero-order chi connectivity index (χ0) is 16.1. The third kappa shape index (κ3) is 3.72. The lowest BCUT2D eigenvalue weighted by Gasteiger charge is -2.11. The Balaban J connectivity index is 1.89. The first kappa shape index (κ1) is 15.8. The molecule has 0 spiro atoms. The van der Waals surface area contributed by atoms with Crippen LogP contribution in [-0.2, 0) is 6.54 Å². The number of urea groups is 1. The van der Waals surface area contributed by atoms with E-state index in [1.807, 2.05) is 31.2 Å². The van der Waals surface area contributed by atoms with Gasteiger partial charge in [0.15, 0.2) is 0 Å². The molecule has 0 fully saturated rings. The Hall–Kier alpha value is -2.63. The van der Waals surface area contributed by atoms with Crippen molar-refractivity contribution in [3.8, 4) is 0 Å². The number of rotatable bonds is 4. The number of nitrogens with one attached hydrogen (secondary N) is 2. The van der Waals surface area contributed by atoms with E-state index in [0.29, 0.717) is 18.7 Å². The minimum atomic E-state index is -0.292. The van der Waals surface area contributed by atoms with Gasteiger partial charge in [0.2, 0.25) is 0 Å². The van der Waals surface area contributed by atoms with E-state index in [4.69, 9.17) is 0 Å². The summed E-state index contributed by atoms with van der Waals surface area (Å²) < 4.78 is 1.50. The zero-order valence-electron chi connectivity index (χ0n) is 13.0. The summed E-state index contributed by atoms with van der Waals surface area (Å²) in [7, 11) is 0. The summed E-state index contributed by atoms with van der Waals surface area (Å²) >= 11 is 0. The van der Waals surface area contributed by atoms with E-state index in [1.165, 1.54) is 10.9 Å². The minimum Gasteiger partial charge on any atom is -0.336 e. The predicted molar refractivity (Wildman–Crippen MR) is 86.2 cm³/mol. The number of aromatic nitrogens is 2. The number of anilines is 1. The molecule has 0 atom stereocenters. The lowest BCUT2D eigenvalue weighted by atomic mass is 10.2. The maximum absolute atomic E-state index is 12.0. The fraction of sp³-hybridized carbons (Fsp3) is 0.312. The Morgan fingerprint density at radius 3 is 2.68 bits per heavy atom. The van der Waals surface area contributed by atoms with E-state index >= 15 is 0 Å². The summed E-state index contributed by atoms with van der Waals surface area (Å²) in [6, 6.07) is 7.25. The van der Waals surface area contributed by atoms with Crippen molar-refractivity contribution < 1.29 is 4.79 Å². The molecule has 0 aliphatic carbocycles. The number of nitrogens with zero attached hydrogens (tertiary/aromatic N) is 2. The van der Waals surface area contributed by atoms with Crippen molar-refractivity contribution in [3.63, 3.8) is 0 Å². The summed E-state index contributed by atoms with van der Waals surface area (Å²) in [6.45, 7) is 6.21. The average molecular weight is 300 g/mol. The molecule has 0 bridgehead atoms. The Morgan fingerprint density at radius 2 is 1.95 bits per heavy atom. The van der Waals surface area contributed by atoms with Crippen molar-refractivity contribution in [2.45, 2.75) is 27.3 Å². The van der Waals surface area contributed by atoms with Gasteiger partial charge in [-0.2, -0.15) is 0 Å². The molecule has 0 radical (unpaired) electrons. The highest BCUT2D eigenvalue weighted by molar-refractivity contribution is 5.89. The molecular formula is C16H20N4O2. The monoisotopic (exact) mass is 300 g/mol. The van der Waals surface area contributed by atoms with Crippen molar-refractivity contribution in [1.29, 1.82) is 0 Å². The van der Waals surface area contributed by atoms with Crippen LogP contribution in [0.4, 0.5) is 10.5 Å². The Bertz CT molecular complexity index is 737. The van der Waals surface area contributed by atoms with Gasteiger partial charge in [-0.05, 0) is 32.4 Å². The second kappa shape index (κ2) is 6.89. The van der Waals surface area contributed by atoms with Crippen LogP contribution in [0.5, 0.6) is 0 Å². The Labute approximate surface area is 129 Å². The van der Waals surface area contributed by atoms with Crippen molar-refractivity contribution >= 4 is 11.7 Å². The number of para-hydroxylation sites is 1. The number of carbonyl (C=O) groups is 1. The lowest BCUT2D eigenvalue weighted by Crippen LogP contribution is -2.34. The first-order valence-electron chi connectivity index (χ1n) is 7.12. The van der Waals surface area contributed by atoms with E-state index in [0.717, 1.165) is 16.9 Å². The molecule has 22 heavy (non-hydrogen) atoms. The number of hydrogen-bond donors (Lipinski definition) is 2. The molecule has 0 aliphatic heterocycles. The summed E-state index contributed by atoms with van der Waals surface area (Å²) in [5, 5.41) is 5.51. The van der Waals surface area contributed by atoms with Gasteiger partial charge in [0, 0.05) is 30.0 Å². The SMILES string of the molecule is Cc1ccccc1NC(=O)NCCn1cnc(C)c(C)c1=O. The minimum absolute atomic E-state index is 0.0754. The molecule has 0 saturated carbocycles. The van der Waals surface area contributed by atoms with Crippen LogP contribution in [0.2, 0.25) is 0 Å². The molecule has 1 aromatic carbocycles. The van der Waals surface area contributed by atoms with E-state index in [1.54, 1.807) is 13.8 Å². The third-order valence-corrected chi connectivity index (χ3v) is 3.55. The molecule has 2 amide bonds. The van der Waals surface area contributed by atoms with Gasteiger partial charge in [0.1, 0.15) is 0 Å². The van der Waals surface area contributed by atoms with E-state index in [-0.39, 0.29) is 11.6 Å². The second-order valence-corrected chi connectivity index (χ2v) is 5.15. The average Bonchev–Trinajstić information content (AvgIpc) is 2.50. The summed E-state index contributed by atoms with van der Waals surface area (Å²) in [6.07, 6.45) is 1.51. The molecule has 1 heterocycles. The largest absolute Gasteiger partial charge is 0.336 e. The fourth-order valence-electron chi connectivity index (χ4n) is 2.00. The van der Waals surface area contributed by atoms with Crippen molar-refractivity contribution in [2.24, 2.45) is 0 Å². The number of carbonyl (C=O) groups excluding carboxylic acids is 1. The topological polar surface area (TPSA) is 76.0 Å². The molecule has 2 N–H and O–H groups in total. The second-order valence-electron chi connectivity index (χ2n) is 5.15. The first-order chi connectivity index (χ1) is 10.5. The molecule has 6 heteroatoms. The Morgan fingerprint density at radius 1 is 1.23 bits per heavy atom. The quantitative estimate of drug-likeness (QED) is 0.906. The molecular weight excluding hydrogens is 280 g/mol. The van der Waals surface area contributed by atoms with E-state index in [9.17, 15) is 9.59 Å². The van der Waals surface area contributed by atoms with Crippen LogP contribution in [0, 0.1) is 20.8 Å². The van der Waals surface area contributed by atoms with Crippen LogP contribution >= 0.6 is 0 Å². The van der Waals surface area contributed by atoms with E-state index < -0.39 is 0 Å². The van der Waals surface area contributed by atoms with Gasteiger partial charge in [-0.25, -0.2) is 9.78 Å². The maximum atomic E-state index is 12.0. The summed E-state index contributed by atoms with van der Waals surface area (Å²) in [5.74, 6) is 0. The summed E-state index contributed by atoms with van der Waals surface area (Å²) in [4.78, 5) is 28.0. The number of aryl methyl sites for hydroxylation is 2. The van der Waals surface area contributed by atoms with Crippen molar-refractivity contribution in [3.05, 3.63) is 57.8 Å². The van der Waals surface area contributed by atoms with Crippen molar-refractivity contribution in [2.75, 3.05) is 11.9 Å². The Kier molecular flexibility index (Phi) is 4.93. The first-order valence-corrected chi connectivity index (χ1v) is 7.12. The van der Waals surface area contributed by atoms with Gasteiger partial charge in [-0.15, -0.1) is 0 Å². The molecule has 0 unspecified atom stereocenters. The normalized spacial score (nSPS) is 10.3. The molecule has 0 aliphatic rings.